The number of aliphatic hydroxyl groups is 3. The van der Waals surface area contributed by atoms with Crippen LogP contribution in [0.1, 0.15) is 28.4 Å². The summed E-state index contributed by atoms with van der Waals surface area (Å²) < 4.78 is 0. The maximum absolute atomic E-state index is 11.0. The lowest BCUT2D eigenvalue weighted by Gasteiger charge is -2.18. The molecule has 0 aliphatic rings. The monoisotopic (exact) mass is 271 g/mol. The van der Waals surface area contributed by atoms with Crippen LogP contribution >= 0.6 is 0 Å². The van der Waals surface area contributed by atoms with Crippen molar-refractivity contribution in [2.24, 2.45) is 0 Å². The normalized spacial score (nSPS) is 13.8. The molecule has 0 radical (unpaired) electrons. The molecule has 0 amide bonds. The third kappa shape index (κ3) is 3.47. The molecule has 104 valence electrons. The molecule has 19 heavy (non-hydrogen) atoms. The fraction of sp³-hybridized carbons (Fsp3) is 0.364. The molecule has 1 rings (SSSR count). The lowest BCUT2D eigenvalue weighted by molar-refractivity contribution is -0.385. The zero-order valence-electron chi connectivity index (χ0n) is 9.76. The van der Waals surface area contributed by atoms with E-state index in [1.807, 2.05) is 0 Å². The van der Waals surface area contributed by atoms with Crippen LogP contribution in [0.3, 0.4) is 0 Å². The topological polar surface area (TPSA) is 141 Å². The van der Waals surface area contributed by atoms with Crippen LogP contribution in [0.2, 0.25) is 0 Å². The Hall–Kier alpha value is -2.03. The van der Waals surface area contributed by atoms with Crippen LogP contribution in [-0.4, -0.2) is 44.0 Å². The lowest BCUT2D eigenvalue weighted by atomic mass is 9.96. The number of aliphatic hydroxyl groups excluding tert-OH is 3. The van der Waals surface area contributed by atoms with Gasteiger partial charge in [-0.15, -0.1) is 0 Å². The number of non-ortho nitro benzene ring substituents is 1. The highest BCUT2D eigenvalue weighted by Gasteiger charge is 2.25. The molecule has 1 aromatic rings. The van der Waals surface area contributed by atoms with E-state index in [0.717, 1.165) is 18.2 Å². The van der Waals surface area contributed by atoms with Crippen LogP contribution in [0.5, 0.6) is 0 Å². The first kappa shape index (κ1) is 15.0. The Balaban J connectivity index is 3.24. The molecule has 0 spiro atoms. The van der Waals surface area contributed by atoms with Crippen LogP contribution < -0.4 is 0 Å². The van der Waals surface area contributed by atoms with Gasteiger partial charge in [0.2, 0.25) is 0 Å². The van der Waals surface area contributed by atoms with Gasteiger partial charge in [0.05, 0.1) is 16.6 Å². The quantitative estimate of drug-likeness (QED) is 0.423. The van der Waals surface area contributed by atoms with Crippen LogP contribution in [-0.2, 0) is 0 Å². The van der Waals surface area contributed by atoms with Gasteiger partial charge in [-0.2, -0.15) is 0 Å². The zero-order valence-corrected chi connectivity index (χ0v) is 9.76. The highest BCUT2D eigenvalue weighted by molar-refractivity contribution is 5.90. The van der Waals surface area contributed by atoms with Crippen LogP contribution in [0.15, 0.2) is 18.2 Å². The van der Waals surface area contributed by atoms with Gasteiger partial charge < -0.3 is 20.4 Å². The Morgan fingerprint density at radius 1 is 1.37 bits per heavy atom. The summed E-state index contributed by atoms with van der Waals surface area (Å²) in [5, 5.41) is 47.6. The summed E-state index contributed by atoms with van der Waals surface area (Å²) >= 11 is 0. The van der Waals surface area contributed by atoms with E-state index in [-0.39, 0.29) is 17.5 Å². The zero-order chi connectivity index (χ0) is 14.6. The van der Waals surface area contributed by atoms with Crippen LogP contribution in [0.25, 0.3) is 0 Å². The maximum atomic E-state index is 11.0. The average Bonchev–Trinajstić information content (AvgIpc) is 2.37. The number of nitro benzene ring substituents is 1. The molecule has 0 aliphatic carbocycles. The number of hydrogen-bond donors (Lipinski definition) is 4. The molecule has 0 fully saturated rings. The summed E-state index contributed by atoms with van der Waals surface area (Å²) in [7, 11) is 0. The van der Waals surface area contributed by atoms with Gasteiger partial charge in [0, 0.05) is 24.3 Å². The molecule has 0 saturated carbocycles. The summed E-state index contributed by atoms with van der Waals surface area (Å²) in [6.07, 6.45) is -3.22. The highest BCUT2D eigenvalue weighted by Crippen LogP contribution is 2.27. The molecular weight excluding hydrogens is 258 g/mol. The van der Waals surface area contributed by atoms with Gasteiger partial charge in [-0.1, -0.05) is 0 Å². The van der Waals surface area contributed by atoms with Crippen molar-refractivity contribution in [1.82, 2.24) is 0 Å². The van der Waals surface area contributed by atoms with E-state index in [2.05, 4.69) is 0 Å². The second-order valence-electron chi connectivity index (χ2n) is 3.86. The SMILES string of the molecule is O=C(O)c1ccc([N+](=O)[O-])cc1C(O)C(O)CCO. The Bertz CT molecular complexity index is 488. The second-order valence-corrected chi connectivity index (χ2v) is 3.86. The van der Waals surface area contributed by atoms with Crippen molar-refractivity contribution in [2.75, 3.05) is 6.61 Å². The molecule has 2 unspecified atom stereocenters. The summed E-state index contributed by atoms with van der Waals surface area (Å²) in [4.78, 5) is 20.9. The maximum Gasteiger partial charge on any atom is 0.336 e. The number of carbonyl (C=O) groups is 1. The predicted octanol–water partition coefficient (Wildman–Crippen LogP) is 0.0697. The van der Waals surface area contributed by atoms with E-state index in [1.165, 1.54) is 0 Å². The number of carboxylic acids is 1. The van der Waals surface area contributed by atoms with Crippen LogP contribution in [0.4, 0.5) is 5.69 Å². The van der Waals surface area contributed by atoms with Crippen molar-refractivity contribution in [1.29, 1.82) is 0 Å². The molecule has 0 aromatic heterocycles. The fourth-order valence-electron chi connectivity index (χ4n) is 1.60. The Morgan fingerprint density at radius 3 is 2.47 bits per heavy atom. The number of rotatable bonds is 6. The van der Waals surface area contributed by atoms with Crippen molar-refractivity contribution in [3.8, 4) is 0 Å². The molecule has 0 heterocycles. The minimum atomic E-state index is -1.63. The van der Waals surface area contributed by atoms with E-state index in [1.54, 1.807) is 0 Å². The van der Waals surface area contributed by atoms with Gasteiger partial charge in [-0.05, 0) is 12.5 Å². The summed E-state index contributed by atoms with van der Waals surface area (Å²) in [5.74, 6) is -1.37. The second kappa shape index (κ2) is 6.23. The van der Waals surface area contributed by atoms with Crippen molar-refractivity contribution in [3.05, 3.63) is 39.4 Å². The number of nitro groups is 1. The molecule has 2 atom stereocenters. The van der Waals surface area contributed by atoms with E-state index in [0.29, 0.717) is 0 Å². The van der Waals surface area contributed by atoms with Crippen molar-refractivity contribution in [3.63, 3.8) is 0 Å². The van der Waals surface area contributed by atoms with Crippen molar-refractivity contribution in [2.45, 2.75) is 18.6 Å². The molecule has 8 heteroatoms. The number of hydrogen-bond acceptors (Lipinski definition) is 6. The molecule has 8 nitrogen and oxygen atoms in total. The van der Waals surface area contributed by atoms with Gasteiger partial charge >= 0.3 is 5.97 Å². The van der Waals surface area contributed by atoms with Crippen molar-refractivity contribution >= 4 is 11.7 Å². The van der Waals surface area contributed by atoms with Crippen molar-refractivity contribution < 1.29 is 30.1 Å². The van der Waals surface area contributed by atoms with Crippen LogP contribution in [0, 0.1) is 10.1 Å². The molecule has 4 N–H and O–H groups in total. The molecule has 0 saturated heterocycles. The first-order valence-electron chi connectivity index (χ1n) is 5.37. The van der Waals surface area contributed by atoms with Gasteiger partial charge in [-0.3, -0.25) is 10.1 Å². The number of benzene rings is 1. The highest BCUT2D eigenvalue weighted by atomic mass is 16.6. The Labute approximate surface area is 107 Å². The largest absolute Gasteiger partial charge is 0.478 e. The lowest BCUT2D eigenvalue weighted by Crippen LogP contribution is -2.21. The smallest absolute Gasteiger partial charge is 0.336 e. The standard InChI is InChI=1S/C11H13NO7/c13-4-3-9(14)10(15)8-5-6(12(18)19)1-2-7(8)11(16)17/h1-2,5,9-10,13-15H,3-4H2,(H,16,17). The average molecular weight is 271 g/mol. The summed E-state index contributed by atoms with van der Waals surface area (Å²) in [5.41, 5.74) is -0.993. The Kier molecular flexibility index (Phi) is 4.93. The van der Waals surface area contributed by atoms with Gasteiger partial charge in [0.1, 0.15) is 6.10 Å². The predicted molar refractivity (Wildman–Crippen MR) is 62.7 cm³/mol. The van der Waals surface area contributed by atoms with E-state index >= 15 is 0 Å². The van der Waals surface area contributed by atoms with Gasteiger partial charge in [-0.25, -0.2) is 4.79 Å². The number of carboxylic acid groups (broad SMARTS) is 1. The summed E-state index contributed by atoms with van der Waals surface area (Å²) in [6, 6.07) is 2.89. The Morgan fingerprint density at radius 2 is 2.00 bits per heavy atom. The third-order valence-corrected chi connectivity index (χ3v) is 2.58. The minimum absolute atomic E-state index is 0.178. The molecule has 1 aromatic carbocycles. The van der Waals surface area contributed by atoms with E-state index < -0.39 is 35.4 Å². The van der Waals surface area contributed by atoms with Gasteiger partial charge in [0.25, 0.3) is 5.69 Å². The molecular formula is C11H13NO7. The number of aromatic carboxylic acids is 1. The van der Waals surface area contributed by atoms with Gasteiger partial charge in [0.15, 0.2) is 0 Å². The molecule has 0 bridgehead atoms. The summed E-state index contributed by atoms with van der Waals surface area (Å²) in [6.45, 7) is -0.407. The fourth-order valence-corrected chi connectivity index (χ4v) is 1.60. The first-order valence-corrected chi connectivity index (χ1v) is 5.37. The molecule has 0 aliphatic heterocycles. The third-order valence-electron chi connectivity index (χ3n) is 2.58. The van der Waals surface area contributed by atoms with E-state index in [4.69, 9.17) is 10.2 Å². The minimum Gasteiger partial charge on any atom is -0.478 e. The van der Waals surface area contributed by atoms with E-state index in [9.17, 15) is 25.1 Å². The number of nitrogens with zero attached hydrogens (tertiary/aromatic N) is 1. The first-order chi connectivity index (χ1) is 8.88.